The predicted molar refractivity (Wildman–Crippen MR) is 139 cm³/mol. The number of nitriles is 1. The summed E-state index contributed by atoms with van der Waals surface area (Å²) >= 11 is 6.65. The number of anilines is 1. The zero-order valence-electron chi connectivity index (χ0n) is 19.6. The van der Waals surface area contributed by atoms with E-state index < -0.39 is 0 Å². The Hall–Kier alpha value is -2.41. The lowest BCUT2D eigenvalue weighted by molar-refractivity contribution is -0.121. The molecule has 176 valence electrons. The summed E-state index contributed by atoms with van der Waals surface area (Å²) in [4.78, 5) is 33.0. The van der Waals surface area contributed by atoms with Gasteiger partial charge in [0.05, 0.1) is 4.91 Å². The molecule has 0 N–H and O–H groups in total. The molecule has 2 aliphatic heterocycles. The zero-order chi connectivity index (χ0) is 24.1. The number of aromatic nitrogens is 1. The number of thiocarbonyl (C=S) groups is 1. The number of rotatable bonds is 8. The summed E-state index contributed by atoms with van der Waals surface area (Å²) < 4.78 is 2.23. The second kappa shape index (κ2) is 11.1. The molecule has 0 atom stereocenters. The van der Waals surface area contributed by atoms with Gasteiger partial charge in [0.25, 0.3) is 11.5 Å². The lowest BCUT2D eigenvalue weighted by Gasteiger charge is -2.37. The Bertz CT molecular complexity index is 1080. The number of hydrogen-bond donors (Lipinski definition) is 0. The average Bonchev–Trinajstić information content (AvgIpc) is 3.08. The van der Waals surface area contributed by atoms with Crippen LogP contribution >= 0.6 is 24.0 Å². The van der Waals surface area contributed by atoms with Gasteiger partial charge in [-0.05, 0) is 31.5 Å². The molecular formula is C24H31N5O2S2. The third-order valence-corrected chi connectivity index (χ3v) is 7.54. The number of carbonyl (C=O) groups is 1. The van der Waals surface area contributed by atoms with Gasteiger partial charge in [0.15, 0.2) is 0 Å². The Morgan fingerprint density at radius 3 is 2.48 bits per heavy atom. The lowest BCUT2D eigenvalue weighted by atomic mass is 10.0. The Balaban J connectivity index is 2.20. The summed E-state index contributed by atoms with van der Waals surface area (Å²) in [7, 11) is 0. The Morgan fingerprint density at radius 2 is 1.91 bits per heavy atom. The van der Waals surface area contributed by atoms with Gasteiger partial charge >= 0.3 is 0 Å². The van der Waals surface area contributed by atoms with Crippen molar-refractivity contribution in [1.82, 2.24) is 14.4 Å². The van der Waals surface area contributed by atoms with Crippen molar-refractivity contribution in [3.8, 4) is 6.07 Å². The second-order valence-electron chi connectivity index (χ2n) is 8.16. The minimum absolute atomic E-state index is 0.134. The number of thioether (sulfide) groups is 1. The number of piperazine rings is 1. The summed E-state index contributed by atoms with van der Waals surface area (Å²) in [5, 5.41) is 9.79. The number of carbonyl (C=O) groups excluding carboxylic acids is 1. The molecule has 0 aromatic carbocycles. The minimum atomic E-state index is -0.257. The van der Waals surface area contributed by atoms with E-state index in [9.17, 15) is 14.9 Å². The van der Waals surface area contributed by atoms with Crippen LogP contribution in [-0.4, -0.2) is 63.9 Å². The number of pyridine rings is 1. The predicted octanol–water partition coefficient (Wildman–Crippen LogP) is 3.36. The van der Waals surface area contributed by atoms with Crippen molar-refractivity contribution >= 4 is 46.1 Å². The summed E-state index contributed by atoms with van der Waals surface area (Å²) in [5.41, 5.74) is 1.24. The van der Waals surface area contributed by atoms with Crippen molar-refractivity contribution in [1.29, 1.82) is 5.26 Å². The molecular weight excluding hydrogens is 454 g/mol. The van der Waals surface area contributed by atoms with E-state index in [-0.39, 0.29) is 17.0 Å². The molecule has 33 heavy (non-hydrogen) atoms. The van der Waals surface area contributed by atoms with E-state index in [1.807, 2.05) is 6.08 Å². The Kier molecular flexibility index (Phi) is 8.51. The van der Waals surface area contributed by atoms with E-state index in [2.05, 4.69) is 36.3 Å². The number of amides is 1. The van der Waals surface area contributed by atoms with Gasteiger partial charge in [0.2, 0.25) is 0 Å². The quantitative estimate of drug-likeness (QED) is 0.318. The third kappa shape index (κ3) is 5.08. The molecule has 2 saturated heterocycles. The lowest BCUT2D eigenvalue weighted by Crippen LogP contribution is -2.48. The third-order valence-electron chi connectivity index (χ3n) is 6.16. The molecule has 9 heteroatoms. The van der Waals surface area contributed by atoms with E-state index in [1.54, 1.807) is 17.6 Å². The molecule has 3 rings (SSSR count). The molecule has 2 fully saturated rings. The standard InChI is InChI=1S/C24H31N5O2S2/c1-5-8-10-28-21(27-13-11-26(7-3)12-14-27)18(17(4)19(16-25)22(28)30)15-20-23(31)29(9-6-2)24(32)33-20/h6,15H,2,5,7-14H2,1,3-4H3/b20-15+. The summed E-state index contributed by atoms with van der Waals surface area (Å²) in [5.74, 6) is 0.630. The molecule has 1 aromatic rings. The van der Waals surface area contributed by atoms with Crippen molar-refractivity contribution in [3.05, 3.63) is 44.6 Å². The monoisotopic (exact) mass is 485 g/mol. The van der Waals surface area contributed by atoms with Crippen LogP contribution in [0.1, 0.15) is 43.4 Å². The number of nitrogens with zero attached hydrogens (tertiary/aromatic N) is 5. The maximum Gasteiger partial charge on any atom is 0.270 e. The molecule has 0 saturated carbocycles. The summed E-state index contributed by atoms with van der Waals surface area (Å²) in [6.45, 7) is 15.0. The van der Waals surface area contributed by atoms with E-state index in [0.717, 1.165) is 56.9 Å². The van der Waals surface area contributed by atoms with Gasteiger partial charge in [-0.15, -0.1) is 6.58 Å². The SMILES string of the molecule is C=CCN1C(=O)/C(=C\c2c(C)c(C#N)c(=O)n(CCCC)c2N2CCN(CC)CC2)SC1=S. The van der Waals surface area contributed by atoms with Crippen LogP contribution in [0.3, 0.4) is 0 Å². The van der Waals surface area contributed by atoms with Gasteiger partial charge in [-0.2, -0.15) is 5.26 Å². The summed E-state index contributed by atoms with van der Waals surface area (Å²) in [6.07, 6.45) is 5.23. The van der Waals surface area contributed by atoms with Crippen molar-refractivity contribution in [2.24, 2.45) is 0 Å². The molecule has 0 spiro atoms. The highest BCUT2D eigenvalue weighted by molar-refractivity contribution is 8.26. The number of unbranched alkanes of at least 4 members (excludes halogenated alkanes) is 1. The minimum Gasteiger partial charge on any atom is -0.355 e. The van der Waals surface area contributed by atoms with Crippen molar-refractivity contribution in [3.63, 3.8) is 0 Å². The molecule has 0 aliphatic carbocycles. The molecule has 0 bridgehead atoms. The molecule has 0 unspecified atom stereocenters. The average molecular weight is 486 g/mol. The fourth-order valence-corrected chi connectivity index (χ4v) is 5.46. The highest BCUT2D eigenvalue weighted by atomic mass is 32.2. The van der Waals surface area contributed by atoms with Gasteiger partial charge in [0, 0.05) is 44.8 Å². The van der Waals surface area contributed by atoms with Gasteiger partial charge < -0.3 is 9.80 Å². The molecule has 3 heterocycles. The largest absolute Gasteiger partial charge is 0.355 e. The molecule has 1 aromatic heterocycles. The van der Waals surface area contributed by atoms with E-state index in [0.29, 0.717) is 27.9 Å². The summed E-state index contributed by atoms with van der Waals surface area (Å²) in [6, 6.07) is 2.11. The zero-order valence-corrected chi connectivity index (χ0v) is 21.2. The van der Waals surface area contributed by atoms with Crippen LogP contribution in [0.15, 0.2) is 22.4 Å². The van der Waals surface area contributed by atoms with Crippen LogP contribution in [0.4, 0.5) is 5.82 Å². The van der Waals surface area contributed by atoms with Gasteiger partial charge in [-0.25, -0.2) is 0 Å². The van der Waals surface area contributed by atoms with Crippen LogP contribution in [0.5, 0.6) is 0 Å². The van der Waals surface area contributed by atoms with Crippen molar-refractivity contribution in [2.75, 3.05) is 44.2 Å². The fourth-order valence-electron chi connectivity index (χ4n) is 4.20. The van der Waals surface area contributed by atoms with E-state index in [4.69, 9.17) is 12.2 Å². The van der Waals surface area contributed by atoms with Crippen LogP contribution in [-0.2, 0) is 11.3 Å². The maximum atomic E-state index is 13.3. The topological polar surface area (TPSA) is 72.6 Å². The van der Waals surface area contributed by atoms with Crippen LogP contribution in [0.2, 0.25) is 0 Å². The maximum absolute atomic E-state index is 13.3. The Morgan fingerprint density at radius 1 is 1.21 bits per heavy atom. The molecule has 1 amide bonds. The number of hydrogen-bond acceptors (Lipinski definition) is 7. The van der Waals surface area contributed by atoms with Gasteiger partial charge in [-0.3, -0.25) is 19.1 Å². The van der Waals surface area contributed by atoms with E-state index >= 15 is 0 Å². The van der Waals surface area contributed by atoms with Crippen LogP contribution < -0.4 is 10.5 Å². The first kappa shape index (κ1) is 25.2. The smallest absolute Gasteiger partial charge is 0.270 e. The van der Waals surface area contributed by atoms with Crippen LogP contribution in [0.25, 0.3) is 6.08 Å². The normalized spacial score (nSPS) is 18.3. The highest BCUT2D eigenvalue weighted by Gasteiger charge is 2.33. The first-order valence-electron chi connectivity index (χ1n) is 11.4. The Labute approximate surface area is 205 Å². The first-order chi connectivity index (χ1) is 15.9. The van der Waals surface area contributed by atoms with Crippen LogP contribution in [0, 0.1) is 18.3 Å². The van der Waals surface area contributed by atoms with Gasteiger partial charge in [0.1, 0.15) is 21.8 Å². The molecule has 0 radical (unpaired) electrons. The molecule has 2 aliphatic rings. The number of likely N-dealkylation sites (N-methyl/N-ethyl adjacent to an activating group) is 1. The van der Waals surface area contributed by atoms with E-state index in [1.165, 1.54) is 16.7 Å². The first-order valence-corrected chi connectivity index (χ1v) is 12.6. The van der Waals surface area contributed by atoms with Gasteiger partial charge in [-0.1, -0.05) is 50.3 Å². The highest BCUT2D eigenvalue weighted by Crippen LogP contribution is 2.36. The van der Waals surface area contributed by atoms with Crippen molar-refractivity contribution in [2.45, 2.75) is 40.2 Å². The fraction of sp³-hybridized carbons (Fsp3) is 0.500. The van der Waals surface area contributed by atoms with Crippen molar-refractivity contribution < 1.29 is 4.79 Å². The molecule has 7 nitrogen and oxygen atoms in total. The second-order valence-corrected chi connectivity index (χ2v) is 9.84.